The van der Waals surface area contributed by atoms with Gasteiger partial charge >= 0.3 is 0 Å². The SMILES string of the molecule is Cc1sc2nc(C(C)N(C)Cc3ccc(Cl)cc3)[nH]c(=O)c2c1C. The minimum atomic E-state index is -0.0522. The molecule has 0 spiro atoms. The molecule has 126 valence electrons. The Labute approximate surface area is 150 Å². The van der Waals surface area contributed by atoms with Crippen LogP contribution in [0.5, 0.6) is 0 Å². The van der Waals surface area contributed by atoms with Crippen LogP contribution in [0.2, 0.25) is 5.02 Å². The monoisotopic (exact) mass is 361 g/mol. The van der Waals surface area contributed by atoms with Gasteiger partial charge in [-0.2, -0.15) is 0 Å². The fraction of sp³-hybridized carbons (Fsp3) is 0.333. The first-order valence-electron chi connectivity index (χ1n) is 7.81. The molecular weight excluding hydrogens is 342 g/mol. The first-order chi connectivity index (χ1) is 11.4. The molecule has 1 aromatic carbocycles. The molecule has 24 heavy (non-hydrogen) atoms. The average Bonchev–Trinajstić information content (AvgIpc) is 2.83. The van der Waals surface area contributed by atoms with Crippen molar-refractivity contribution in [2.24, 2.45) is 0 Å². The first kappa shape index (κ1) is 17.1. The van der Waals surface area contributed by atoms with Crippen molar-refractivity contribution in [1.29, 1.82) is 0 Å². The van der Waals surface area contributed by atoms with Gasteiger partial charge in [-0.15, -0.1) is 11.3 Å². The van der Waals surface area contributed by atoms with Crippen LogP contribution >= 0.6 is 22.9 Å². The summed E-state index contributed by atoms with van der Waals surface area (Å²) in [7, 11) is 2.02. The molecule has 1 unspecified atom stereocenters. The van der Waals surface area contributed by atoms with Crippen molar-refractivity contribution in [3.63, 3.8) is 0 Å². The maximum atomic E-state index is 12.4. The van der Waals surface area contributed by atoms with Crippen molar-refractivity contribution in [3.8, 4) is 0 Å². The van der Waals surface area contributed by atoms with Gasteiger partial charge in [0.25, 0.3) is 5.56 Å². The number of hydrogen-bond acceptors (Lipinski definition) is 4. The van der Waals surface area contributed by atoms with E-state index in [9.17, 15) is 4.79 Å². The Balaban J connectivity index is 1.88. The smallest absolute Gasteiger partial charge is 0.259 e. The number of nitrogens with zero attached hydrogens (tertiary/aromatic N) is 2. The fourth-order valence-corrected chi connectivity index (χ4v) is 3.86. The second-order valence-electron chi connectivity index (χ2n) is 6.13. The number of hydrogen-bond donors (Lipinski definition) is 1. The number of H-pyrrole nitrogens is 1. The van der Waals surface area contributed by atoms with Crippen molar-refractivity contribution in [1.82, 2.24) is 14.9 Å². The van der Waals surface area contributed by atoms with E-state index in [1.807, 2.05) is 52.1 Å². The summed E-state index contributed by atoms with van der Waals surface area (Å²) >= 11 is 7.51. The number of nitrogens with one attached hydrogen (secondary N) is 1. The van der Waals surface area contributed by atoms with Crippen LogP contribution in [0.25, 0.3) is 10.2 Å². The number of halogens is 1. The number of benzene rings is 1. The van der Waals surface area contributed by atoms with Gasteiger partial charge in [0, 0.05) is 16.4 Å². The van der Waals surface area contributed by atoms with Crippen LogP contribution in [0.15, 0.2) is 29.1 Å². The molecule has 2 heterocycles. The third-order valence-corrected chi connectivity index (χ3v) is 5.81. The molecule has 6 heteroatoms. The predicted molar refractivity (Wildman–Crippen MR) is 101 cm³/mol. The molecule has 0 fully saturated rings. The van der Waals surface area contributed by atoms with E-state index in [0.717, 1.165) is 26.8 Å². The van der Waals surface area contributed by atoms with Crippen LogP contribution in [0.4, 0.5) is 0 Å². The zero-order chi connectivity index (χ0) is 17.4. The van der Waals surface area contributed by atoms with Crippen molar-refractivity contribution in [3.05, 3.63) is 61.5 Å². The van der Waals surface area contributed by atoms with E-state index in [0.29, 0.717) is 11.2 Å². The Morgan fingerprint density at radius 2 is 1.96 bits per heavy atom. The van der Waals surface area contributed by atoms with E-state index in [2.05, 4.69) is 9.88 Å². The number of aryl methyl sites for hydroxylation is 2. The number of thiophene rings is 1. The Hall–Kier alpha value is -1.69. The standard InChI is InChI=1S/C18H20ClN3OS/c1-10-12(3)24-18-15(10)17(23)20-16(21-18)11(2)22(4)9-13-5-7-14(19)8-6-13/h5-8,11H,9H2,1-4H3,(H,20,21,23). The summed E-state index contributed by atoms with van der Waals surface area (Å²) in [6, 6.07) is 7.80. The zero-order valence-electron chi connectivity index (χ0n) is 14.2. The maximum Gasteiger partial charge on any atom is 0.259 e. The zero-order valence-corrected chi connectivity index (χ0v) is 15.8. The molecule has 1 atom stereocenters. The summed E-state index contributed by atoms with van der Waals surface area (Å²) in [4.78, 5) is 24.2. The molecule has 0 bridgehead atoms. The topological polar surface area (TPSA) is 49.0 Å². The lowest BCUT2D eigenvalue weighted by molar-refractivity contribution is 0.244. The van der Waals surface area contributed by atoms with E-state index in [1.165, 1.54) is 5.56 Å². The Morgan fingerprint density at radius 3 is 2.62 bits per heavy atom. The van der Waals surface area contributed by atoms with Gasteiger partial charge in [0.05, 0.1) is 11.4 Å². The van der Waals surface area contributed by atoms with Crippen molar-refractivity contribution >= 4 is 33.2 Å². The lowest BCUT2D eigenvalue weighted by atomic mass is 10.2. The number of rotatable bonds is 4. The molecule has 1 N–H and O–H groups in total. The van der Waals surface area contributed by atoms with Crippen molar-refractivity contribution < 1.29 is 0 Å². The molecule has 0 aliphatic heterocycles. The van der Waals surface area contributed by atoms with E-state index < -0.39 is 0 Å². The molecular formula is C18H20ClN3OS. The Kier molecular flexibility index (Phi) is 4.76. The van der Waals surface area contributed by atoms with Gasteiger partial charge < -0.3 is 4.98 Å². The lowest BCUT2D eigenvalue weighted by Gasteiger charge is -2.24. The van der Waals surface area contributed by atoms with Crippen molar-refractivity contribution in [2.45, 2.75) is 33.4 Å². The molecule has 0 radical (unpaired) electrons. The van der Waals surface area contributed by atoms with Crippen LogP contribution in [-0.4, -0.2) is 21.9 Å². The third-order valence-electron chi connectivity index (χ3n) is 4.46. The molecule has 3 aromatic rings. The van der Waals surface area contributed by atoms with E-state index in [4.69, 9.17) is 16.6 Å². The molecule has 0 aliphatic rings. The van der Waals surface area contributed by atoms with Gasteiger partial charge in [-0.3, -0.25) is 9.69 Å². The minimum absolute atomic E-state index is 0.000454. The van der Waals surface area contributed by atoms with E-state index >= 15 is 0 Å². The highest BCUT2D eigenvalue weighted by atomic mass is 35.5. The second-order valence-corrected chi connectivity index (χ2v) is 7.77. The highest BCUT2D eigenvalue weighted by molar-refractivity contribution is 7.18. The molecule has 4 nitrogen and oxygen atoms in total. The van der Waals surface area contributed by atoms with Crippen LogP contribution < -0.4 is 5.56 Å². The highest BCUT2D eigenvalue weighted by Crippen LogP contribution is 2.27. The Bertz CT molecular complexity index is 930. The van der Waals surface area contributed by atoms with Crippen LogP contribution in [-0.2, 0) is 6.54 Å². The van der Waals surface area contributed by atoms with Crippen LogP contribution in [0.3, 0.4) is 0 Å². The quantitative estimate of drug-likeness (QED) is 0.746. The summed E-state index contributed by atoms with van der Waals surface area (Å²) in [5, 5.41) is 1.45. The summed E-state index contributed by atoms with van der Waals surface area (Å²) < 4.78 is 0. The van der Waals surface area contributed by atoms with Crippen molar-refractivity contribution in [2.75, 3.05) is 7.05 Å². The number of aromatic nitrogens is 2. The van der Waals surface area contributed by atoms with Gasteiger partial charge in [0.2, 0.25) is 0 Å². The normalized spacial score (nSPS) is 12.9. The van der Waals surface area contributed by atoms with E-state index in [-0.39, 0.29) is 11.6 Å². The van der Waals surface area contributed by atoms with E-state index in [1.54, 1.807) is 11.3 Å². The van der Waals surface area contributed by atoms with Gasteiger partial charge in [-0.25, -0.2) is 4.98 Å². The summed E-state index contributed by atoms with van der Waals surface area (Å²) in [6.45, 7) is 6.80. The fourth-order valence-electron chi connectivity index (χ4n) is 2.69. The van der Waals surface area contributed by atoms with Gasteiger partial charge in [-0.05, 0) is 51.1 Å². The average molecular weight is 362 g/mol. The maximum absolute atomic E-state index is 12.4. The molecule has 2 aromatic heterocycles. The summed E-state index contributed by atoms with van der Waals surface area (Å²) in [5.74, 6) is 0.699. The highest BCUT2D eigenvalue weighted by Gasteiger charge is 2.18. The second kappa shape index (κ2) is 6.67. The van der Waals surface area contributed by atoms with Gasteiger partial charge in [0.1, 0.15) is 10.7 Å². The lowest BCUT2D eigenvalue weighted by Crippen LogP contribution is -2.25. The number of aromatic amines is 1. The number of fused-ring (bicyclic) bond motifs is 1. The minimum Gasteiger partial charge on any atom is -0.309 e. The molecule has 3 rings (SSSR count). The largest absolute Gasteiger partial charge is 0.309 e. The third kappa shape index (κ3) is 3.24. The molecule has 0 saturated carbocycles. The van der Waals surface area contributed by atoms with Crippen LogP contribution in [0, 0.1) is 13.8 Å². The van der Waals surface area contributed by atoms with Gasteiger partial charge in [-0.1, -0.05) is 23.7 Å². The molecule has 0 amide bonds. The molecule has 0 saturated heterocycles. The van der Waals surface area contributed by atoms with Gasteiger partial charge in [0.15, 0.2) is 0 Å². The summed E-state index contributed by atoms with van der Waals surface area (Å²) in [5.41, 5.74) is 2.14. The molecule has 0 aliphatic carbocycles. The predicted octanol–water partition coefficient (Wildman–Crippen LogP) is 4.45. The first-order valence-corrected chi connectivity index (χ1v) is 9.01. The summed E-state index contributed by atoms with van der Waals surface area (Å²) in [6.07, 6.45) is 0. The Morgan fingerprint density at radius 1 is 1.29 bits per heavy atom. The van der Waals surface area contributed by atoms with Crippen LogP contribution in [0.1, 0.15) is 34.8 Å².